The van der Waals surface area contributed by atoms with E-state index in [1.54, 1.807) is 0 Å². The summed E-state index contributed by atoms with van der Waals surface area (Å²) < 4.78 is 50.0. The minimum absolute atomic E-state index is 0.134. The number of carbonyl (C=O) groups is 1. The van der Waals surface area contributed by atoms with Crippen molar-refractivity contribution in [3.63, 3.8) is 0 Å². The zero-order chi connectivity index (χ0) is 15.1. The van der Waals surface area contributed by atoms with E-state index in [0.29, 0.717) is 12.8 Å². The van der Waals surface area contributed by atoms with Crippen LogP contribution in [0.25, 0.3) is 0 Å². The number of nitrogens with zero attached hydrogens (tertiary/aromatic N) is 1. The lowest BCUT2D eigenvalue weighted by atomic mass is 10.0. The van der Waals surface area contributed by atoms with Crippen LogP contribution in [0, 0.1) is 11.6 Å². The van der Waals surface area contributed by atoms with Crippen molar-refractivity contribution >= 4 is 21.4 Å². The molecular weight excluding hydrogens is 288 g/mol. The maximum atomic E-state index is 13.7. The van der Waals surface area contributed by atoms with E-state index in [2.05, 4.69) is 0 Å². The topological polar surface area (TPSA) is 54.5 Å². The second-order valence-corrected chi connectivity index (χ2v) is 7.32. The smallest absolute Gasteiger partial charge is 0.245 e. The molecule has 2 rings (SSSR count). The van der Waals surface area contributed by atoms with Gasteiger partial charge in [0.05, 0.1) is 5.69 Å². The molecule has 0 saturated heterocycles. The molecule has 1 aromatic carbocycles. The van der Waals surface area contributed by atoms with Gasteiger partial charge in [0.1, 0.15) is 16.9 Å². The molecular formula is C13H15F2NO3S. The summed E-state index contributed by atoms with van der Waals surface area (Å²) >= 11 is 0. The molecule has 110 valence electrons. The van der Waals surface area contributed by atoms with Gasteiger partial charge in [0, 0.05) is 24.4 Å². The summed E-state index contributed by atoms with van der Waals surface area (Å²) in [6, 6.07) is 1.84. The Morgan fingerprint density at radius 1 is 1.35 bits per heavy atom. The number of hydrogen-bond donors (Lipinski definition) is 0. The number of carbonyl (C=O) groups excluding carboxylic acids is 1. The van der Waals surface area contributed by atoms with E-state index < -0.39 is 32.6 Å². The summed E-state index contributed by atoms with van der Waals surface area (Å²) in [5, 5.41) is -1.24. The number of rotatable bonds is 2. The first-order chi connectivity index (χ1) is 9.21. The highest BCUT2D eigenvalue weighted by molar-refractivity contribution is 7.92. The van der Waals surface area contributed by atoms with Gasteiger partial charge in [-0.2, -0.15) is 0 Å². The van der Waals surface area contributed by atoms with Crippen molar-refractivity contribution in [2.24, 2.45) is 0 Å². The van der Waals surface area contributed by atoms with Crippen LogP contribution in [0.2, 0.25) is 0 Å². The monoisotopic (exact) mass is 303 g/mol. The lowest BCUT2D eigenvalue weighted by Gasteiger charge is -2.31. The van der Waals surface area contributed by atoms with Gasteiger partial charge in [0.25, 0.3) is 0 Å². The van der Waals surface area contributed by atoms with Crippen LogP contribution < -0.4 is 4.90 Å². The maximum Gasteiger partial charge on any atom is 0.245 e. The quantitative estimate of drug-likeness (QED) is 0.835. The predicted molar refractivity (Wildman–Crippen MR) is 71.3 cm³/mol. The molecule has 1 aliphatic rings. The third kappa shape index (κ3) is 2.67. The van der Waals surface area contributed by atoms with Crippen molar-refractivity contribution in [2.75, 3.05) is 17.7 Å². The fraction of sp³-hybridized carbons (Fsp3) is 0.462. The van der Waals surface area contributed by atoms with Gasteiger partial charge < -0.3 is 4.90 Å². The Labute approximate surface area is 116 Å². The van der Waals surface area contributed by atoms with Crippen LogP contribution in [0.4, 0.5) is 14.5 Å². The maximum absolute atomic E-state index is 13.7. The van der Waals surface area contributed by atoms with Gasteiger partial charge in [-0.3, -0.25) is 4.79 Å². The second-order valence-electron chi connectivity index (χ2n) is 4.95. The fourth-order valence-corrected chi connectivity index (χ4v) is 2.74. The molecule has 20 heavy (non-hydrogen) atoms. The molecule has 1 amide bonds. The second kappa shape index (κ2) is 5.12. The average Bonchev–Trinajstić information content (AvgIpc) is 2.35. The van der Waals surface area contributed by atoms with Crippen LogP contribution in [-0.2, 0) is 21.1 Å². The Morgan fingerprint density at radius 2 is 2.00 bits per heavy atom. The third-order valence-corrected chi connectivity index (χ3v) is 4.98. The molecule has 0 saturated carbocycles. The Kier molecular flexibility index (Phi) is 3.82. The van der Waals surface area contributed by atoms with Gasteiger partial charge >= 0.3 is 0 Å². The van der Waals surface area contributed by atoms with Crippen molar-refractivity contribution in [1.29, 1.82) is 0 Å². The summed E-state index contributed by atoms with van der Waals surface area (Å²) in [6.07, 6.45) is 1.88. The minimum Gasteiger partial charge on any atom is -0.311 e. The van der Waals surface area contributed by atoms with Gasteiger partial charge in [0.15, 0.2) is 9.84 Å². The summed E-state index contributed by atoms with van der Waals surface area (Å²) in [5.41, 5.74) is 0.390. The van der Waals surface area contributed by atoms with E-state index in [-0.39, 0.29) is 17.8 Å². The van der Waals surface area contributed by atoms with Gasteiger partial charge in [-0.05, 0) is 25.8 Å². The van der Waals surface area contributed by atoms with E-state index in [9.17, 15) is 22.0 Å². The number of halogens is 2. The van der Waals surface area contributed by atoms with Crippen molar-refractivity contribution in [3.8, 4) is 0 Å². The number of hydrogen-bond acceptors (Lipinski definition) is 3. The van der Waals surface area contributed by atoms with Crippen LogP contribution >= 0.6 is 0 Å². The molecule has 0 aromatic heterocycles. The first-order valence-corrected chi connectivity index (χ1v) is 8.15. The summed E-state index contributed by atoms with van der Waals surface area (Å²) in [7, 11) is -3.55. The van der Waals surface area contributed by atoms with E-state index in [1.807, 2.05) is 0 Å². The highest BCUT2D eigenvalue weighted by Crippen LogP contribution is 2.31. The zero-order valence-electron chi connectivity index (χ0n) is 11.2. The van der Waals surface area contributed by atoms with Crippen LogP contribution in [0.3, 0.4) is 0 Å². The average molecular weight is 303 g/mol. The SMILES string of the molecule is CC(C(=O)N1CCCc2c(F)cc(F)cc21)S(C)(=O)=O. The molecule has 4 nitrogen and oxygen atoms in total. The Bertz CT molecular complexity index is 658. The highest BCUT2D eigenvalue weighted by atomic mass is 32.2. The molecule has 0 aliphatic carbocycles. The van der Waals surface area contributed by atoms with Crippen molar-refractivity contribution in [1.82, 2.24) is 0 Å². The molecule has 1 heterocycles. The summed E-state index contributed by atoms with van der Waals surface area (Å²) in [6.45, 7) is 1.54. The summed E-state index contributed by atoms with van der Waals surface area (Å²) in [5.74, 6) is -2.14. The molecule has 0 fully saturated rings. The van der Waals surface area contributed by atoms with E-state index in [4.69, 9.17) is 0 Å². The van der Waals surface area contributed by atoms with Crippen molar-refractivity contribution in [2.45, 2.75) is 25.0 Å². The van der Waals surface area contributed by atoms with E-state index >= 15 is 0 Å². The number of benzene rings is 1. The van der Waals surface area contributed by atoms with Crippen molar-refractivity contribution in [3.05, 3.63) is 29.3 Å². The molecule has 1 atom stereocenters. The number of amides is 1. The standard InChI is InChI=1S/C13H15F2NO3S/c1-8(20(2,18)19)13(17)16-5-3-4-10-11(15)6-9(14)7-12(10)16/h6-8H,3-5H2,1-2H3. The van der Waals surface area contributed by atoms with Crippen LogP contribution in [0.1, 0.15) is 18.9 Å². The molecule has 7 heteroatoms. The lowest BCUT2D eigenvalue weighted by molar-refractivity contribution is -0.118. The van der Waals surface area contributed by atoms with Crippen molar-refractivity contribution < 1.29 is 22.0 Å². The predicted octanol–water partition coefficient (Wildman–Crippen LogP) is 1.68. The third-order valence-electron chi connectivity index (χ3n) is 3.49. The first-order valence-electron chi connectivity index (χ1n) is 6.20. The van der Waals surface area contributed by atoms with Crippen LogP contribution in [0.15, 0.2) is 12.1 Å². The lowest BCUT2D eigenvalue weighted by Crippen LogP contribution is -2.44. The largest absolute Gasteiger partial charge is 0.311 e. The van der Waals surface area contributed by atoms with Gasteiger partial charge in [0.2, 0.25) is 5.91 Å². The number of fused-ring (bicyclic) bond motifs is 1. The van der Waals surface area contributed by atoms with E-state index in [0.717, 1.165) is 23.3 Å². The molecule has 1 aromatic rings. The molecule has 1 unspecified atom stereocenters. The number of anilines is 1. The summed E-state index contributed by atoms with van der Waals surface area (Å²) in [4.78, 5) is 13.4. The van der Waals surface area contributed by atoms with Crippen LogP contribution in [0.5, 0.6) is 0 Å². The van der Waals surface area contributed by atoms with Gasteiger partial charge in [-0.25, -0.2) is 17.2 Å². The van der Waals surface area contributed by atoms with E-state index in [1.165, 1.54) is 6.92 Å². The zero-order valence-corrected chi connectivity index (χ0v) is 12.0. The molecule has 1 aliphatic heterocycles. The Morgan fingerprint density at radius 3 is 2.60 bits per heavy atom. The highest BCUT2D eigenvalue weighted by Gasteiger charge is 2.32. The number of sulfone groups is 1. The fourth-order valence-electron chi connectivity index (χ4n) is 2.24. The Hall–Kier alpha value is -1.50. The van der Waals surface area contributed by atoms with Gasteiger partial charge in [-0.1, -0.05) is 0 Å². The molecule has 0 spiro atoms. The molecule has 0 bridgehead atoms. The molecule has 0 radical (unpaired) electrons. The van der Waals surface area contributed by atoms with Crippen LogP contribution in [-0.4, -0.2) is 32.4 Å². The first kappa shape index (κ1) is 14.9. The normalized spacial score (nSPS) is 16.7. The minimum atomic E-state index is -3.55. The molecule has 0 N–H and O–H groups in total. The Balaban J connectivity index is 2.45. The van der Waals surface area contributed by atoms with Gasteiger partial charge in [-0.15, -0.1) is 0 Å².